The zero-order valence-corrected chi connectivity index (χ0v) is 22.4. The van der Waals surface area contributed by atoms with Crippen molar-refractivity contribution in [1.29, 1.82) is 5.26 Å². The second kappa shape index (κ2) is 12.2. The van der Waals surface area contributed by atoms with Gasteiger partial charge in [0, 0.05) is 26.5 Å². The highest BCUT2D eigenvalue weighted by Crippen LogP contribution is 2.44. The highest BCUT2D eigenvalue weighted by molar-refractivity contribution is 5.85. The molecule has 4 rings (SSSR count). The fourth-order valence-corrected chi connectivity index (χ4v) is 5.07. The molecular weight excluding hydrogens is 488 g/mol. The van der Waals surface area contributed by atoms with Crippen molar-refractivity contribution in [1.82, 2.24) is 5.32 Å². The average molecular weight is 525 g/mol. The van der Waals surface area contributed by atoms with Crippen LogP contribution >= 0.6 is 0 Å². The molecule has 0 radical (unpaired) electrons. The number of nitrogens with zero attached hydrogens (tertiary/aromatic N) is 1. The van der Waals surface area contributed by atoms with Crippen LogP contribution in [0.5, 0.6) is 5.75 Å². The summed E-state index contributed by atoms with van der Waals surface area (Å²) < 4.78 is 35.8. The Morgan fingerprint density at radius 3 is 2.68 bits per heavy atom. The van der Waals surface area contributed by atoms with E-state index >= 15 is 0 Å². The highest BCUT2D eigenvalue weighted by atomic mass is 16.8. The van der Waals surface area contributed by atoms with E-state index in [4.69, 9.17) is 28.4 Å². The predicted octanol–water partition coefficient (Wildman–Crippen LogP) is 3.48. The Kier molecular flexibility index (Phi) is 9.03. The third-order valence-corrected chi connectivity index (χ3v) is 6.90. The number of carbonyl (C=O) groups is 1. The largest absolute Gasteiger partial charge is 0.497 e. The maximum absolute atomic E-state index is 13.7. The molecule has 1 saturated carbocycles. The molecule has 0 bridgehead atoms. The Balaban J connectivity index is 1.61. The quantitative estimate of drug-likeness (QED) is 0.445. The Bertz CT molecular complexity index is 1150. The molecule has 9 heteroatoms. The topological polar surface area (TPSA) is 108 Å². The zero-order chi connectivity index (χ0) is 27.2. The van der Waals surface area contributed by atoms with E-state index in [0.717, 1.165) is 11.1 Å². The first-order chi connectivity index (χ1) is 18.3. The fourth-order valence-electron chi connectivity index (χ4n) is 5.07. The van der Waals surface area contributed by atoms with E-state index in [1.165, 1.54) is 0 Å². The van der Waals surface area contributed by atoms with Crippen LogP contribution in [-0.4, -0.2) is 63.0 Å². The van der Waals surface area contributed by atoms with E-state index in [2.05, 4.69) is 11.4 Å². The molecule has 9 nitrogen and oxygen atoms in total. The summed E-state index contributed by atoms with van der Waals surface area (Å²) in [4.78, 5) is 13.7. The van der Waals surface area contributed by atoms with Crippen LogP contribution in [0, 0.1) is 11.3 Å². The molecule has 1 heterocycles. The number of methoxy groups -OCH3 is 2. The first kappa shape index (κ1) is 28.0. The average Bonchev–Trinajstić information content (AvgIpc) is 3.24. The number of amides is 1. The Labute approximate surface area is 223 Å². The third-order valence-electron chi connectivity index (χ3n) is 6.90. The van der Waals surface area contributed by atoms with Crippen LogP contribution in [0.15, 0.2) is 48.5 Å². The van der Waals surface area contributed by atoms with Gasteiger partial charge in [0.25, 0.3) is 5.91 Å². The molecule has 2 aromatic carbocycles. The molecule has 1 saturated heterocycles. The number of nitriles is 1. The first-order valence-corrected chi connectivity index (χ1v) is 12.8. The van der Waals surface area contributed by atoms with Gasteiger partial charge in [-0.15, -0.1) is 0 Å². The van der Waals surface area contributed by atoms with Crippen molar-refractivity contribution in [2.24, 2.45) is 0 Å². The minimum absolute atomic E-state index is 0.193. The van der Waals surface area contributed by atoms with Crippen molar-refractivity contribution in [3.63, 3.8) is 0 Å². The molecule has 4 atom stereocenters. The number of hydrogen-bond acceptors (Lipinski definition) is 8. The molecule has 2 aromatic rings. The normalized spacial score (nSPS) is 25.8. The Hall–Kier alpha value is -3.00. The van der Waals surface area contributed by atoms with E-state index < -0.39 is 23.6 Å². The summed E-state index contributed by atoms with van der Waals surface area (Å²) in [5, 5.41) is 12.5. The molecule has 1 amide bonds. The number of nitrogens with one attached hydrogen (secondary N) is 1. The standard InChI is InChI=1S/C29H36N2O7/c1-28(2)37-25-16-29(27(32)31-12-13-33-3,36-18-20-8-7-11-23(14-20)34-4)15-24(26(25)38-28)35-19-22-10-6-5-9-21(22)17-30/h5-11,14,24-26H,12-13,15-16,18-19H2,1-4H3,(H,31,32)/t24-,25-,26+,29-/m1/s1. The smallest absolute Gasteiger partial charge is 0.252 e. The van der Waals surface area contributed by atoms with Crippen LogP contribution in [0.1, 0.15) is 43.4 Å². The molecule has 38 heavy (non-hydrogen) atoms. The minimum Gasteiger partial charge on any atom is -0.497 e. The second-order valence-corrected chi connectivity index (χ2v) is 10.0. The molecular formula is C29H36N2O7. The molecule has 1 N–H and O–H groups in total. The monoisotopic (exact) mass is 524 g/mol. The van der Waals surface area contributed by atoms with Gasteiger partial charge in [-0.05, 0) is 43.2 Å². The van der Waals surface area contributed by atoms with Crippen LogP contribution in [0.4, 0.5) is 0 Å². The van der Waals surface area contributed by atoms with Gasteiger partial charge < -0.3 is 33.7 Å². The van der Waals surface area contributed by atoms with Crippen LogP contribution in [0.25, 0.3) is 0 Å². The first-order valence-electron chi connectivity index (χ1n) is 12.8. The number of fused-ring (bicyclic) bond motifs is 1. The summed E-state index contributed by atoms with van der Waals surface area (Å²) in [5.74, 6) is -0.382. The molecule has 0 unspecified atom stereocenters. The fraction of sp³-hybridized carbons (Fsp3) is 0.517. The van der Waals surface area contributed by atoms with Gasteiger partial charge in [-0.2, -0.15) is 5.26 Å². The van der Waals surface area contributed by atoms with Crippen LogP contribution in [0.3, 0.4) is 0 Å². The number of rotatable bonds is 11. The van der Waals surface area contributed by atoms with Gasteiger partial charge in [0.05, 0.1) is 50.8 Å². The van der Waals surface area contributed by atoms with Crippen molar-refractivity contribution in [3.05, 3.63) is 65.2 Å². The van der Waals surface area contributed by atoms with Gasteiger partial charge in [-0.1, -0.05) is 30.3 Å². The van der Waals surface area contributed by atoms with Crippen molar-refractivity contribution in [2.45, 2.75) is 69.6 Å². The van der Waals surface area contributed by atoms with Crippen LogP contribution < -0.4 is 10.1 Å². The van der Waals surface area contributed by atoms with E-state index in [-0.39, 0.29) is 31.6 Å². The van der Waals surface area contributed by atoms with Gasteiger partial charge in [0.1, 0.15) is 11.9 Å². The van der Waals surface area contributed by atoms with E-state index in [0.29, 0.717) is 30.9 Å². The van der Waals surface area contributed by atoms with E-state index in [1.54, 1.807) is 20.3 Å². The van der Waals surface area contributed by atoms with E-state index in [1.807, 2.05) is 56.3 Å². The summed E-state index contributed by atoms with van der Waals surface area (Å²) in [6.07, 6.45) is -0.766. The van der Waals surface area contributed by atoms with Crippen LogP contribution in [-0.2, 0) is 41.7 Å². The lowest BCUT2D eigenvalue weighted by Crippen LogP contribution is -2.60. The van der Waals surface area contributed by atoms with Gasteiger partial charge >= 0.3 is 0 Å². The lowest BCUT2D eigenvalue weighted by molar-refractivity contribution is -0.183. The lowest BCUT2D eigenvalue weighted by atomic mass is 9.78. The Morgan fingerprint density at radius 2 is 1.92 bits per heavy atom. The maximum atomic E-state index is 13.7. The molecule has 1 aliphatic heterocycles. The number of ether oxygens (including phenoxy) is 6. The summed E-state index contributed by atoms with van der Waals surface area (Å²) >= 11 is 0. The van der Waals surface area contributed by atoms with Gasteiger partial charge in [0.15, 0.2) is 11.4 Å². The lowest BCUT2D eigenvalue weighted by Gasteiger charge is -2.43. The summed E-state index contributed by atoms with van der Waals surface area (Å²) in [5.41, 5.74) is 0.950. The number of hydrogen-bond donors (Lipinski definition) is 1. The number of benzene rings is 2. The van der Waals surface area contributed by atoms with Gasteiger partial charge in [-0.25, -0.2) is 0 Å². The SMILES string of the molecule is COCCNC(=O)[C@@]1(OCc2cccc(OC)c2)C[C@@H](OCc2ccccc2C#N)[C@@H]2OC(C)(C)O[C@@H]2C1. The summed E-state index contributed by atoms with van der Waals surface area (Å²) in [6, 6.07) is 17.1. The molecule has 0 aromatic heterocycles. The molecule has 2 aliphatic rings. The van der Waals surface area contributed by atoms with E-state index in [9.17, 15) is 10.1 Å². The van der Waals surface area contributed by atoms with Gasteiger partial charge in [-0.3, -0.25) is 4.79 Å². The molecule has 1 aliphatic carbocycles. The zero-order valence-electron chi connectivity index (χ0n) is 22.4. The van der Waals surface area contributed by atoms with Crippen molar-refractivity contribution < 1.29 is 33.2 Å². The van der Waals surface area contributed by atoms with Crippen LogP contribution in [0.2, 0.25) is 0 Å². The third kappa shape index (κ3) is 6.52. The van der Waals surface area contributed by atoms with Crippen molar-refractivity contribution in [3.8, 4) is 11.8 Å². The van der Waals surface area contributed by atoms with Crippen molar-refractivity contribution >= 4 is 5.91 Å². The second-order valence-electron chi connectivity index (χ2n) is 10.0. The molecule has 204 valence electrons. The van der Waals surface area contributed by atoms with Gasteiger partial charge in [0.2, 0.25) is 0 Å². The number of carbonyl (C=O) groups excluding carboxylic acids is 1. The Morgan fingerprint density at radius 1 is 1.11 bits per heavy atom. The summed E-state index contributed by atoms with van der Waals surface area (Å²) in [7, 11) is 3.19. The van der Waals surface area contributed by atoms with Crippen molar-refractivity contribution in [2.75, 3.05) is 27.4 Å². The predicted molar refractivity (Wildman–Crippen MR) is 138 cm³/mol. The highest BCUT2D eigenvalue weighted by Gasteiger charge is 2.58. The molecule has 0 spiro atoms. The molecule has 2 fully saturated rings. The minimum atomic E-state index is -1.23. The summed E-state index contributed by atoms with van der Waals surface area (Å²) in [6.45, 7) is 4.81. The maximum Gasteiger partial charge on any atom is 0.252 e.